The van der Waals surface area contributed by atoms with E-state index in [-0.39, 0.29) is 13.1 Å². The molecular weight excluding hydrogens is 443 g/mol. The van der Waals surface area contributed by atoms with Crippen LogP contribution in [0.15, 0.2) is 54.6 Å². The maximum atomic E-state index is 14.5. The minimum atomic E-state index is -3.00. The van der Waals surface area contributed by atoms with Gasteiger partial charge in [-0.1, -0.05) is 18.2 Å². The second kappa shape index (κ2) is 8.80. The van der Waals surface area contributed by atoms with Gasteiger partial charge in [0.05, 0.1) is 18.1 Å². The average Bonchev–Trinajstić information content (AvgIpc) is 3.23. The van der Waals surface area contributed by atoms with E-state index in [2.05, 4.69) is 26.1 Å². The van der Waals surface area contributed by atoms with E-state index in [1.807, 2.05) is 0 Å². The Morgan fingerprint density at radius 2 is 2.15 bits per heavy atom. The molecule has 2 aromatic carbocycles. The zero-order valence-electron chi connectivity index (χ0n) is 18.1. The first-order valence-electron chi connectivity index (χ1n) is 10.8. The Morgan fingerprint density at radius 3 is 2.94 bits per heavy atom. The highest BCUT2D eigenvalue weighted by Gasteiger charge is 2.41. The van der Waals surface area contributed by atoms with E-state index in [0.29, 0.717) is 16.8 Å². The smallest absolute Gasteiger partial charge is 0.312 e. The number of hydrogen-bond donors (Lipinski definition) is 2. The van der Waals surface area contributed by atoms with Gasteiger partial charge in [-0.25, -0.2) is 13.2 Å². The first kappa shape index (κ1) is 21.9. The van der Waals surface area contributed by atoms with E-state index < -0.39 is 36.7 Å². The van der Waals surface area contributed by atoms with E-state index in [1.54, 1.807) is 54.8 Å². The molecule has 1 saturated heterocycles. The number of nitrogens with zero attached hydrogens (tertiary/aromatic N) is 3. The lowest BCUT2D eigenvalue weighted by molar-refractivity contribution is -0.0762. The van der Waals surface area contributed by atoms with Crippen molar-refractivity contribution in [3.63, 3.8) is 0 Å². The topological polar surface area (TPSA) is 75.1 Å². The van der Waals surface area contributed by atoms with Crippen LogP contribution in [-0.4, -0.2) is 58.1 Å². The third-order valence-electron chi connectivity index (χ3n) is 5.89. The molecule has 0 saturated carbocycles. The molecular formula is C25H21F3N5O+. The summed E-state index contributed by atoms with van der Waals surface area (Å²) in [6.45, 7) is -0.245. The van der Waals surface area contributed by atoms with Crippen LogP contribution < -0.4 is 9.98 Å². The van der Waals surface area contributed by atoms with Crippen LogP contribution in [0.4, 0.5) is 13.2 Å². The number of alkyl halides is 2. The standard InChI is InChI=1S/C25H20F3N5O/c26-21-4-2-1-3-18(21)13-33-14-19(12-25(27,28)15-33)30-24(34)17-5-6-22-20(11-17)23(32-31-22)16-7-9-29-10-8-16/h1-9,11,19H,12-15H2,(H,30,34)/p+1. The van der Waals surface area contributed by atoms with Crippen LogP contribution in [0.1, 0.15) is 28.0 Å². The van der Waals surface area contributed by atoms with Crippen LogP contribution in [0.2, 0.25) is 0 Å². The van der Waals surface area contributed by atoms with Gasteiger partial charge in [0, 0.05) is 53.7 Å². The summed E-state index contributed by atoms with van der Waals surface area (Å²) in [5.41, 5.74) is 2.85. The van der Waals surface area contributed by atoms with Crippen LogP contribution in [0.3, 0.4) is 0 Å². The lowest BCUT2D eigenvalue weighted by Gasteiger charge is -2.38. The van der Waals surface area contributed by atoms with Crippen molar-refractivity contribution in [3.05, 3.63) is 77.3 Å². The second-order valence-corrected chi connectivity index (χ2v) is 8.50. The summed E-state index contributed by atoms with van der Waals surface area (Å²) in [5.74, 6) is -1.14. The number of piperidine rings is 1. The van der Waals surface area contributed by atoms with Crippen molar-refractivity contribution in [3.8, 4) is 0 Å². The second-order valence-electron chi connectivity index (χ2n) is 8.50. The van der Waals surface area contributed by atoms with Gasteiger partial charge >= 0.3 is 12.1 Å². The molecule has 2 N–H and O–H groups in total. The van der Waals surface area contributed by atoms with Crippen molar-refractivity contribution < 1.29 is 18.0 Å². The van der Waals surface area contributed by atoms with E-state index in [9.17, 15) is 18.0 Å². The van der Waals surface area contributed by atoms with E-state index in [0.717, 1.165) is 16.5 Å². The van der Waals surface area contributed by atoms with Crippen molar-refractivity contribution in [1.82, 2.24) is 25.1 Å². The van der Waals surface area contributed by atoms with Crippen molar-refractivity contribution in [2.24, 2.45) is 0 Å². The first-order valence-corrected chi connectivity index (χ1v) is 10.8. The SMILES string of the molecule is O=C(NC1CN(Cc2ccccc2F)CC(F)(F)C1)c1ccc2[nH]nc(C3=CC=[N+]=C=C3)c2c1. The highest BCUT2D eigenvalue weighted by Crippen LogP contribution is 2.29. The summed E-state index contributed by atoms with van der Waals surface area (Å²) in [4.78, 5) is 14.5. The summed E-state index contributed by atoms with van der Waals surface area (Å²) in [5, 5.41) is 10.7. The zero-order valence-corrected chi connectivity index (χ0v) is 18.1. The fourth-order valence-electron chi connectivity index (χ4n) is 4.38. The number of benzene rings is 2. The quantitative estimate of drug-likeness (QED) is 0.570. The molecule has 2 aliphatic heterocycles. The number of carbonyl (C=O) groups is 1. The van der Waals surface area contributed by atoms with Crippen molar-refractivity contribution in [2.75, 3.05) is 13.1 Å². The molecule has 6 nitrogen and oxygen atoms in total. The van der Waals surface area contributed by atoms with Gasteiger partial charge in [0.15, 0.2) is 0 Å². The third-order valence-corrected chi connectivity index (χ3v) is 5.89. The summed E-state index contributed by atoms with van der Waals surface area (Å²) in [6.07, 6.45) is 4.60. The molecule has 1 unspecified atom stereocenters. The number of amides is 1. The Bertz CT molecular complexity index is 1400. The van der Waals surface area contributed by atoms with Gasteiger partial charge in [-0.05, 0) is 28.9 Å². The van der Waals surface area contributed by atoms with Gasteiger partial charge in [-0.2, -0.15) is 5.10 Å². The molecule has 9 heteroatoms. The van der Waals surface area contributed by atoms with Crippen LogP contribution in [0, 0.1) is 5.82 Å². The van der Waals surface area contributed by atoms with Gasteiger partial charge in [0.1, 0.15) is 11.5 Å². The van der Waals surface area contributed by atoms with Crippen LogP contribution in [0.25, 0.3) is 16.5 Å². The number of aromatic nitrogens is 2. The molecule has 1 fully saturated rings. The van der Waals surface area contributed by atoms with Crippen LogP contribution in [-0.2, 0) is 6.54 Å². The summed E-state index contributed by atoms with van der Waals surface area (Å²) >= 11 is 0. The normalized spacial score (nSPS) is 19.4. The van der Waals surface area contributed by atoms with E-state index >= 15 is 0 Å². The van der Waals surface area contributed by atoms with Crippen LogP contribution in [0.5, 0.6) is 0 Å². The molecule has 1 aromatic heterocycles. The maximum Gasteiger partial charge on any atom is 0.312 e. The predicted molar refractivity (Wildman–Crippen MR) is 124 cm³/mol. The largest absolute Gasteiger partial charge is 0.348 e. The minimum absolute atomic E-state index is 0.0436. The number of H-pyrrole nitrogens is 1. The van der Waals surface area contributed by atoms with E-state index in [1.165, 1.54) is 11.0 Å². The highest BCUT2D eigenvalue weighted by molar-refractivity contribution is 6.04. The number of nitrogens with one attached hydrogen (secondary N) is 2. The van der Waals surface area contributed by atoms with Gasteiger partial charge in [0.2, 0.25) is 0 Å². The molecule has 172 valence electrons. The lowest BCUT2D eigenvalue weighted by atomic mass is 10.00. The van der Waals surface area contributed by atoms with E-state index in [4.69, 9.17) is 0 Å². The Labute approximate surface area is 193 Å². The number of hydrogen-bond acceptors (Lipinski definition) is 3. The molecule has 1 atom stereocenters. The number of likely N-dealkylation sites (tertiary alicyclic amines) is 1. The average molecular weight is 464 g/mol. The molecule has 0 radical (unpaired) electrons. The summed E-state index contributed by atoms with van der Waals surface area (Å²) in [7, 11) is 0. The molecule has 3 heterocycles. The third kappa shape index (κ3) is 4.58. The van der Waals surface area contributed by atoms with Crippen molar-refractivity contribution in [1.29, 1.82) is 0 Å². The predicted octanol–water partition coefficient (Wildman–Crippen LogP) is 3.10. The Kier molecular flexibility index (Phi) is 5.67. The minimum Gasteiger partial charge on any atom is -0.348 e. The number of fused-ring (bicyclic) bond motifs is 1. The first-order chi connectivity index (χ1) is 16.4. The fourth-order valence-corrected chi connectivity index (χ4v) is 4.38. The van der Waals surface area contributed by atoms with Crippen molar-refractivity contribution in [2.45, 2.75) is 24.9 Å². The number of aromatic amines is 1. The zero-order chi connectivity index (χ0) is 23.7. The monoisotopic (exact) mass is 464 g/mol. The molecule has 1 amide bonds. The molecule has 5 rings (SSSR count). The van der Waals surface area contributed by atoms with Gasteiger partial charge in [-0.15, -0.1) is 0 Å². The highest BCUT2D eigenvalue weighted by atomic mass is 19.3. The van der Waals surface area contributed by atoms with Gasteiger partial charge < -0.3 is 5.32 Å². The number of allylic oxidation sites excluding steroid dienone is 3. The molecule has 34 heavy (non-hydrogen) atoms. The number of carbonyl (C=O) groups excluding carboxylic acids is 1. The Balaban J connectivity index is 1.34. The van der Waals surface area contributed by atoms with Crippen LogP contribution >= 0.6 is 0 Å². The number of rotatable bonds is 5. The summed E-state index contributed by atoms with van der Waals surface area (Å²) in [6, 6.07) is 10.4. The van der Waals surface area contributed by atoms with Gasteiger partial charge in [-0.3, -0.25) is 14.8 Å². The Morgan fingerprint density at radius 1 is 1.29 bits per heavy atom. The summed E-state index contributed by atoms with van der Waals surface area (Å²) < 4.78 is 46.8. The fraction of sp³-hybridized carbons (Fsp3) is 0.240. The lowest BCUT2D eigenvalue weighted by Crippen LogP contribution is -2.54. The Hall–Kier alpha value is -3.90. The van der Waals surface area contributed by atoms with Crippen molar-refractivity contribution >= 4 is 34.5 Å². The molecule has 0 bridgehead atoms. The molecule has 2 aliphatic rings. The number of halogens is 3. The maximum absolute atomic E-state index is 14.5. The molecule has 3 aromatic rings. The van der Waals surface area contributed by atoms with Gasteiger partial charge in [0.25, 0.3) is 11.8 Å². The molecule has 0 aliphatic carbocycles. The molecule has 0 spiro atoms.